The summed E-state index contributed by atoms with van der Waals surface area (Å²) in [6.45, 7) is 5.35. The summed E-state index contributed by atoms with van der Waals surface area (Å²) in [6.07, 6.45) is 2.52. The molecule has 0 bridgehead atoms. The van der Waals surface area contributed by atoms with Gasteiger partial charge in [0.25, 0.3) is 5.91 Å². The van der Waals surface area contributed by atoms with E-state index >= 15 is 0 Å². The highest BCUT2D eigenvalue weighted by molar-refractivity contribution is 5.97. The zero-order valence-electron chi connectivity index (χ0n) is 19.4. The van der Waals surface area contributed by atoms with Crippen LogP contribution in [0, 0.1) is 6.92 Å². The van der Waals surface area contributed by atoms with Crippen LogP contribution in [0.5, 0.6) is 5.75 Å². The number of amides is 2. The number of imidazole rings is 1. The van der Waals surface area contributed by atoms with Gasteiger partial charge in [0.05, 0.1) is 17.1 Å². The van der Waals surface area contributed by atoms with Crippen molar-refractivity contribution in [1.82, 2.24) is 19.8 Å². The van der Waals surface area contributed by atoms with Crippen LogP contribution in [0.25, 0.3) is 11.0 Å². The molecule has 0 saturated carbocycles. The molecule has 5 rings (SSSR count). The second-order valence-electron chi connectivity index (χ2n) is 9.20. The van der Waals surface area contributed by atoms with E-state index in [4.69, 9.17) is 4.74 Å². The van der Waals surface area contributed by atoms with Crippen LogP contribution >= 0.6 is 0 Å². The predicted octanol–water partition coefficient (Wildman–Crippen LogP) is 3.91. The average Bonchev–Trinajstić information content (AvgIpc) is 3.01. The van der Waals surface area contributed by atoms with Crippen molar-refractivity contribution in [3.8, 4) is 5.75 Å². The first-order valence-electron chi connectivity index (χ1n) is 11.7. The largest absolute Gasteiger partial charge is 0.487 e. The van der Waals surface area contributed by atoms with Gasteiger partial charge in [0.15, 0.2) is 0 Å². The van der Waals surface area contributed by atoms with E-state index in [1.54, 1.807) is 0 Å². The normalized spacial score (nSPS) is 22.7. The number of benzene rings is 2. The Hall–Kier alpha value is -3.35. The van der Waals surface area contributed by atoms with E-state index in [0.717, 1.165) is 34.6 Å². The molecule has 2 atom stereocenters. The fraction of sp³-hybridized carbons (Fsp3) is 0.423. The lowest BCUT2D eigenvalue weighted by Crippen LogP contribution is -2.46. The number of likely N-dealkylation sites (tertiary alicyclic amines) is 1. The highest BCUT2D eigenvalue weighted by Gasteiger charge is 2.43. The molecule has 1 saturated heterocycles. The van der Waals surface area contributed by atoms with Crippen molar-refractivity contribution < 1.29 is 14.3 Å². The summed E-state index contributed by atoms with van der Waals surface area (Å²) in [7, 11) is 1.97. The molecule has 2 unspecified atom stereocenters. The van der Waals surface area contributed by atoms with Crippen molar-refractivity contribution in [2.24, 2.45) is 7.05 Å². The van der Waals surface area contributed by atoms with E-state index < -0.39 is 5.60 Å². The fourth-order valence-electron chi connectivity index (χ4n) is 5.17. The van der Waals surface area contributed by atoms with Gasteiger partial charge in [0.2, 0.25) is 5.91 Å². The number of aromatic nitrogens is 2. The number of carbonyl (C=O) groups excluding carboxylic acids is 2. The predicted molar refractivity (Wildman–Crippen MR) is 126 cm³/mol. The van der Waals surface area contributed by atoms with Crippen molar-refractivity contribution in [2.75, 3.05) is 13.1 Å². The maximum absolute atomic E-state index is 13.3. The zero-order valence-corrected chi connectivity index (χ0v) is 19.4. The first-order chi connectivity index (χ1) is 15.9. The number of para-hydroxylation sites is 1. The smallest absolute Gasteiger partial charge is 0.251 e. The van der Waals surface area contributed by atoms with Crippen LogP contribution in [0.2, 0.25) is 0 Å². The summed E-state index contributed by atoms with van der Waals surface area (Å²) in [5, 5.41) is 3.25. The van der Waals surface area contributed by atoms with Crippen LogP contribution in [-0.4, -0.2) is 45.0 Å². The Bertz CT molecular complexity index is 1230. The molecule has 2 aliphatic rings. The minimum atomic E-state index is -0.464. The third-order valence-electron chi connectivity index (χ3n) is 7.24. The van der Waals surface area contributed by atoms with Crippen LogP contribution in [0.4, 0.5) is 0 Å². The highest BCUT2D eigenvalue weighted by atomic mass is 16.5. The molecule has 0 radical (unpaired) electrons. The minimum absolute atomic E-state index is 0.128. The number of nitrogens with one attached hydrogen (secondary N) is 1. The lowest BCUT2D eigenvalue weighted by atomic mass is 9.82. The zero-order chi connectivity index (χ0) is 23.2. The number of ether oxygens (including phenoxy) is 1. The third-order valence-corrected chi connectivity index (χ3v) is 7.24. The molecule has 7 heteroatoms. The number of nitrogens with zero attached hydrogens (tertiary/aromatic N) is 3. The Morgan fingerprint density at radius 3 is 2.88 bits per heavy atom. The third kappa shape index (κ3) is 3.86. The van der Waals surface area contributed by atoms with Gasteiger partial charge in [-0.25, -0.2) is 4.98 Å². The number of fused-ring (bicyclic) bond motifs is 2. The Morgan fingerprint density at radius 1 is 1.24 bits per heavy atom. The molecule has 3 heterocycles. The molecule has 1 N–H and O–H groups in total. The minimum Gasteiger partial charge on any atom is -0.487 e. The molecule has 2 amide bonds. The summed E-state index contributed by atoms with van der Waals surface area (Å²) in [6, 6.07) is 13.4. The topological polar surface area (TPSA) is 76.5 Å². The van der Waals surface area contributed by atoms with Crippen molar-refractivity contribution in [1.29, 1.82) is 0 Å². The maximum atomic E-state index is 13.3. The molecule has 1 aromatic heterocycles. The summed E-state index contributed by atoms with van der Waals surface area (Å²) in [5.41, 5.74) is 2.92. The molecule has 1 fully saturated rings. The van der Waals surface area contributed by atoms with Gasteiger partial charge in [-0.1, -0.05) is 18.2 Å². The average molecular weight is 447 g/mol. The number of hydrogen-bond donors (Lipinski definition) is 1. The van der Waals surface area contributed by atoms with Gasteiger partial charge >= 0.3 is 0 Å². The summed E-state index contributed by atoms with van der Waals surface area (Å²) >= 11 is 0. The second-order valence-corrected chi connectivity index (χ2v) is 9.20. The van der Waals surface area contributed by atoms with Crippen molar-refractivity contribution >= 4 is 22.8 Å². The number of aryl methyl sites for hydroxylation is 2. The van der Waals surface area contributed by atoms with Crippen LogP contribution in [0.15, 0.2) is 42.5 Å². The van der Waals surface area contributed by atoms with Gasteiger partial charge < -0.3 is 19.5 Å². The van der Waals surface area contributed by atoms with Gasteiger partial charge in [0.1, 0.15) is 17.2 Å². The fourth-order valence-corrected chi connectivity index (χ4v) is 5.17. The van der Waals surface area contributed by atoms with Crippen molar-refractivity contribution in [3.63, 3.8) is 0 Å². The Labute approximate surface area is 193 Å². The second kappa shape index (κ2) is 8.21. The number of carbonyl (C=O) groups is 2. The quantitative estimate of drug-likeness (QED) is 0.662. The summed E-state index contributed by atoms with van der Waals surface area (Å²) < 4.78 is 8.55. The van der Waals surface area contributed by atoms with Crippen LogP contribution in [0.1, 0.15) is 60.4 Å². The molecule has 33 heavy (non-hydrogen) atoms. The van der Waals surface area contributed by atoms with E-state index in [-0.39, 0.29) is 17.9 Å². The van der Waals surface area contributed by atoms with E-state index in [2.05, 4.69) is 10.3 Å². The summed E-state index contributed by atoms with van der Waals surface area (Å²) in [5.74, 6) is 1.75. The van der Waals surface area contributed by atoms with E-state index in [1.165, 1.54) is 0 Å². The standard InChI is InChI=1S/C26H30N4O3/c1-4-30-14-13-26(12-11-24(30)31)16-21(19-7-5-6-8-23(19)33-26)28-25(32)18-9-10-22-20(15-18)27-17(2)29(22)3/h5-10,15,21H,4,11-14,16H2,1-3H3,(H,28,32). The SMILES string of the molecule is CCN1CCC2(CCC1=O)CC(NC(=O)c1ccc3c(c1)nc(C)n3C)c1ccccc1O2. The molecule has 2 aromatic carbocycles. The van der Waals surface area contributed by atoms with Gasteiger partial charge in [-0.3, -0.25) is 9.59 Å². The van der Waals surface area contributed by atoms with E-state index in [0.29, 0.717) is 37.9 Å². The Morgan fingerprint density at radius 2 is 2.06 bits per heavy atom. The van der Waals surface area contributed by atoms with Crippen molar-refractivity contribution in [2.45, 2.75) is 51.2 Å². The number of rotatable bonds is 3. The first kappa shape index (κ1) is 21.5. The van der Waals surface area contributed by atoms with E-state index in [1.807, 2.05) is 72.8 Å². The molecule has 172 valence electrons. The molecule has 0 aliphatic carbocycles. The van der Waals surface area contributed by atoms with Crippen LogP contribution in [-0.2, 0) is 11.8 Å². The van der Waals surface area contributed by atoms with Gasteiger partial charge in [-0.15, -0.1) is 0 Å². The van der Waals surface area contributed by atoms with Gasteiger partial charge in [0, 0.05) is 50.5 Å². The Balaban J connectivity index is 1.43. The molecular formula is C26H30N4O3. The molecule has 2 aliphatic heterocycles. The first-order valence-corrected chi connectivity index (χ1v) is 11.7. The molecule has 3 aromatic rings. The lowest BCUT2D eigenvalue weighted by molar-refractivity contribution is -0.130. The van der Waals surface area contributed by atoms with Crippen LogP contribution < -0.4 is 10.1 Å². The maximum Gasteiger partial charge on any atom is 0.251 e. The highest BCUT2D eigenvalue weighted by Crippen LogP contribution is 2.44. The van der Waals surface area contributed by atoms with Crippen LogP contribution in [0.3, 0.4) is 0 Å². The molecule has 7 nitrogen and oxygen atoms in total. The van der Waals surface area contributed by atoms with Gasteiger partial charge in [-0.2, -0.15) is 0 Å². The van der Waals surface area contributed by atoms with E-state index in [9.17, 15) is 9.59 Å². The number of hydrogen-bond acceptors (Lipinski definition) is 4. The molecular weight excluding hydrogens is 416 g/mol. The Kier molecular flexibility index (Phi) is 5.35. The molecule has 1 spiro atoms. The monoisotopic (exact) mass is 446 g/mol. The van der Waals surface area contributed by atoms with Gasteiger partial charge in [-0.05, 0) is 44.5 Å². The lowest BCUT2D eigenvalue weighted by Gasteiger charge is -2.42. The summed E-state index contributed by atoms with van der Waals surface area (Å²) in [4.78, 5) is 32.3. The van der Waals surface area contributed by atoms with Crippen molar-refractivity contribution in [3.05, 3.63) is 59.4 Å².